The number of hydrogen-bond acceptors (Lipinski definition) is 5. The Bertz CT molecular complexity index is 1280. The molecule has 2 fully saturated rings. The molecule has 10 heteroatoms. The lowest BCUT2D eigenvalue weighted by Crippen LogP contribution is -2.61. The molecule has 0 spiro atoms. The number of fused-ring (bicyclic) bond motifs is 3. The van der Waals surface area contributed by atoms with Gasteiger partial charge < -0.3 is 23.8 Å². The normalized spacial score (nSPS) is 23.9. The van der Waals surface area contributed by atoms with Gasteiger partial charge in [-0.25, -0.2) is 9.18 Å². The summed E-state index contributed by atoms with van der Waals surface area (Å²) < 4.78 is 33.8. The van der Waals surface area contributed by atoms with Crippen molar-refractivity contribution in [3.8, 4) is 0 Å². The summed E-state index contributed by atoms with van der Waals surface area (Å²) in [6.45, 7) is 14.6. The Labute approximate surface area is 234 Å². The molecule has 204 valence electrons. The number of ether oxygens (including phenoxy) is 1. The van der Waals surface area contributed by atoms with Gasteiger partial charge in [-0.15, -0.1) is 0 Å². The fraction of sp³-hybridized carbons (Fsp3) is 0.536. The molecule has 0 bridgehead atoms. The third-order valence-corrected chi connectivity index (χ3v) is 8.79. The Balaban J connectivity index is 1.63. The van der Waals surface area contributed by atoms with Crippen molar-refractivity contribution in [2.75, 3.05) is 24.5 Å². The highest BCUT2D eigenvalue weighted by Crippen LogP contribution is 2.49. The number of carbonyl (C=O) groups is 1. The first-order valence-electron chi connectivity index (χ1n) is 12.9. The van der Waals surface area contributed by atoms with Crippen LogP contribution in [0.5, 0.6) is 0 Å². The number of halogens is 3. The van der Waals surface area contributed by atoms with E-state index in [0.29, 0.717) is 36.5 Å². The van der Waals surface area contributed by atoms with Gasteiger partial charge in [-0.2, -0.15) is 0 Å². The van der Waals surface area contributed by atoms with E-state index in [1.54, 1.807) is 4.90 Å². The predicted molar refractivity (Wildman–Crippen MR) is 149 cm³/mol. The molecule has 0 N–H and O–H groups in total. The van der Waals surface area contributed by atoms with Crippen LogP contribution in [0.3, 0.4) is 0 Å². The predicted octanol–water partition coefficient (Wildman–Crippen LogP) is 5.94. The minimum atomic E-state index is -0.836. The Morgan fingerprint density at radius 1 is 1.08 bits per heavy atom. The van der Waals surface area contributed by atoms with Gasteiger partial charge in [0.15, 0.2) is 0 Å². The molecule has 0 aliphatic carbocycles. The molecule has 1 unspecified atom stereocenters. The molecule has 0 radical (unpaired) electrons. The van der Waals surface area contributed by atoms with E-state index in [4.69, 9.17) is 37.2 Å². The minimum Gasteiger partial charge on any atom is -0.444 e. The van der Waals surface area contributed by atoms with Gasteiger partial charge in [0.1, 0.15) is 11.4 Å². The average Bonchev–Trinajstić information content (AvgIpc) is 3.22. The summed E-state index contributed by atoms with van der Waals surface area (Å²) >= 11 is 13.1. The molecule has 0 aromatic heterocycles. The number of nitrogens with zero attached hydrogens (tertiary/aromatic N) is 2. The van der Waals surface area contributed by atoms with Crippen molar-refractivity contribution in [1.82, 2.24) is 4.90 Å². The zero-order valence-electron chi connectivity index (χ0n) is 23.0. The van der Waals surface area contributed by atoms with E-state index >= 15 is 4.39 Å². The van der Waals surface area contributed by atoms with Gasteiger partial charge in [-0.1, -0.05) is 35.3 Å². The Morgan fingerprint density at radius 2 is 1.74 bits per heavy atom. The molecule has 3 aliphatic rings. The van der Waals surface area contributed by atoms with E-state index in [0.717, 1.165) is 16.8 Å². The van der Waals surface area contributed by atoms with Crippen LogP contribution in [0.1, 0.15) is 59.6 Å². The number of rotatable bonds is 2. The Morgan fingerprint density at radius 3 is 2.34 bits per heavy atom. The third-order valence-electron chi connectivity index (χ3n) is 8.17. The number of hydrogen-bond donors (Lipinski definition) is 0. The van der Waals surface area contributed by atoms with Gasteiger partial charge in [0, 0.05) is 35.7 Å². The van der Waals surface area contributed by atoms with E-state index in [1.807, 2.05) is 72.7 Å². The van der Waals surface area contributed by atoms with Crippen molar-refractivity contribution in [1.29, 1.82) is 0 Å². The molecule has 38 heavy (non-hydrogen) atoms. The van der Waals surface area contributed by atoms with E-state index < -0.39 is 35.3 Å². The molecule has 2 aromatic rings. The maximum Gasteiger partial charge on any atom is 0.496 e. The first-order valence-corrected chi connectivity index (χ1v) is 13.7. The number of piperazine rings is 1. The second-order valence-electron chi connectivity index (χ2n) is 12.4. The summed E-state index contributed by atoms with van der Waals surface area (Å²) in [5.41, 5.74) is 0.412. The number of benzene rings is 2. The van der Waals surface area contributed by atoms with Crippen molar-refractivity contribution >= 4 is 47.6 Å². The van der Waals surface area contributed by atoms with Crippen LogP contribution in [0.15, 0.2) is 30.3 Å². The monoisotopic (exact) mass is 562 g/mol. The molecule has 2 aromatic carbocycles. The highest BCUT2D eigenvalue weighted by Gasteiger charge is 2.56. The van der Waals surface area contributed by atoms with Crippen LogP contribution in [0.25, 0.3) is 0 Å². The van der Waals surface area contributed by atoms with Gasteiger partial charge >= 0.3 is 13.2 Å². The highest BCUT2D eigenvalue weighted by atomic mass is 35.5. The quantitative estimate of drug-likeness (QED) is 0.424. The average molecular weight is 563 g/mol. The first-order chi connectivity index (χ1) is 17.5. The van der Waals surface area contributed by atoms with Crippen LogP contribution in [-0.2, 0) is 26.0 Å². The summed E-state index contributed by atoms with van der Waals surface area (Å²) in [7, 11) is -0.836. The Hall–Kier alpha value is -2.00. The summed E-state index contributed by atoms with van der Waals surface area (Å²) in [4.78, 5) is 17.1. The van der Waals surface area contributed by atoms with Gasteiger partial charge in [0.2, 0.25) is 0 Å². The smallest absolute Gasteiger partial charge is 0.444 e. The molecular formula is C28H34BCl2FN2O4. The van der Waals surface area contributed by atoms with Crippen molar-refractivity contribution < 1.29 is 23.2 Å². The maximum atomic E-state index is 15.4. The van der Waals surface area contributed by atoms with E-state index in [1.165, 1.54) is 6.07 Å². The Kier molecular flexibility index (Phi) is 6.54. The van der Waals surface area contributed by atoms with Gasteiger partial charge in [0.05, 0.1) is 28.3 Å². The number of amides is 1. The molecule has 2 saturated heterocycles. The molecule has 3 heterocycles. The standard InChI is InChI=1S/C28H34BCl2FN2O4/c1-25(2,3)36-24(35)33-11-12-34-21-14-20(32)23(31)22(29-37-26(4,5)27(6,7)38-29)19(21)15-28(34,16-33)17-9-8-10-18(30)13-17/h8-10,13-14H,11-12,15-16H2,1-7H3. The van der Waals surface area contributed by atoms with Crippen LogP contribution in [-0.4, -0.2) is 54.5 Å². The van der Waals surface area contributed by atoms with E-state index in [9.17, 15) is 4.79 Å². The summed E-state index contributed by atoms with van der Waals surface area (Å²) in [5.74, 6) is -0.536. The van der Waals surface area contributed by atoms with Gasteiger partial charge in [-0.05, 0) is 77.8 Å². The second-order valence-corrected chi connectivity index (χ2v) is 13.3. The lowest BCUT2D eigenvalue weighted by molar-refractivity contribution is 0.00578. The minimum absolute atomic E-state index is 0.00709. The van der Waals surface area contributed by atoms with Crippen LogP contribution >= 0.6 is 23.2 Å². The van der Waals surface area contributed by atoms with Crippen LogP contribution in [0.2, 0.25) is 10.0 Å². The summed E-state index contributed by atoms with van der Waals surface area (Å²) in [6.07, 6.45) is 0.0754. The summed E-state index contributed by atoms with van der Waals surface area (Å²) in [6, 6.07) is 9.10. The molecule has 6 nitrogen and oxygen atoms in total. The van der Waals surface area contributed by atoms with Crippen LogP contribution < -0.4 is 10.4 Å². The van der Waals surface area contributed by atoms with Crippen LogP contribution in [0, 0.1) is 5.82 Å². The van der Waals surface area contributed by atoms with Crippen molar-refractivity contribution in [2.45, 2.75) is 77.2 Å². The SMILES string of the molecule is CC(C)(C)OC(=O)N1CCN2c3cc(F)c(Cl)c(B4OC(C)(C)C(C)(C)O4)c3CC2(c2cccc(Cl)c2)C1. The van der Waals surface area contributed by atoms with Crippen LogP contribution in [0.4, 0.5) is 14.9 Å². The molecule has 1 amide bonds. The molecule has 0 saturated carbocycles. The zero-order valence-corrected chi connectivity index (χ0v) is 24.5. The second kappa shape index (κ2) is 9.02. The highest BCUT2D eigenvalue weighted by molar-refractivity contribution is 6.66. The van der Waals surface area contributed by atoms with Gasteiger partial charge in [0.25, 0.3) is 0 Å². The third kappa shape index (κ3) is 4.47. The van der Waals surface area contributed by atoms with Gasteiger partial charge in [-0.3, -0.25) is 0 Å². The lowest BCUT2D eigenvalue weighted by Gasteiger charge is -2.48. The molecule has 1 atom stereocenters. The fourth-order valence-corrected chi connectivity index (χ4v) is 6.07. The topological polar surface area (TPSA) is 51.2 Å². The van der Waals surface area contributed by atoms with E-state index in [2.05, 4.69) is 4.90 Å². The molecule has 5 rings (SSSR count). The van der Waals surface area contributed by atoms with E-state index in [-0.39, 0.29) is 11.1 Å². The van der Waals surface area contributed by atoms with Crippen molar-refractivity contribution in [3.63, 3.8) is 0 Å². The largest absolute Gasteiger partial charge is 0.496 e. The zero-order chi connectivity index (χ0) is 27.8. The molecule has 3 aliphatic heterocycles. The number of carbonyl (C=O) groups excluding carboxylic acids is 1. The van der Waals surface area contributed by atoms with Crippen molar-refractivity contribution in [3.05, 3.63) is 57.3 Å². The molecular weight excluding hydrogens is 529 g/mol. The number of anilines is 1. The summed E-state index contributed by atoms with van der Waals surface area (Å²) in [5, 5.41) is 0.574. The maximum absolute atomic E-state index is 15.4. The lowest BCUT2D eigenvalue weighted by atomic mass is 9.73. The fourth-order valence-electron chi connectivity index (χ4n) is 5.62. The van der Waals surface area contributed by atoms with Crippen molar-refractivity contribution in [2.24, 2.45) is 0 Å². The first kappa shape index (κ1) is 27.6.